The Morgan fingerprint density at radius 2 is 2.00 bits per heavy atom. The minimum atomic E-state index is -0.406. The Bertz CT molecular complexity index is 807. The van der Waals surface area contributed by atoms with Gasteiger partial charge in [-0.2, -0.15) is 10.4 Å². The van der Waals surface area contributed by atoms with Crippen molar-refractivity contribution in [1.29, 1.82) is 5.26 Å². The summed E-state index contributed by atoms with van der Waals surface area (Å²) in [5.41, 5.74) is 1.83. The third-order valence-electron chi connectivity index (χ3n) is 3.26. The number of aryl methyl sites for hydroxylation is 3. The maximum Gasteiger partial charge on any atom is 0.307 e. The lowest BCUT2D eigenvalue weighted by Crippen LogP contribution is -2.30. The Balaban J connectivity index is 2.37. The molecule has 2 aromatic rings. The molecule has 0 radical (unpaired) electrons. The van der Waals surface area contributed by atoms with Crippen LogP contribution in [0.5, 0.6) is 0 Å². The Hall–Kier alpha value is -2.20. The first kappa shape index (κ1) is 14.2. The van der Waals surface area contributed by atoms with Crippen LogP contribution in [0.15, 0.2) is 15.0 Å². The molecule has 0 saturated carbocycles. The number of hydrogen-bond acceptors (Lipinski definition) is 5. The van der Waals surface area contributed by atoms with Gasteiger partial charge in [0.2, 0.25) is 0 Å². The minimum Gasteiger partial charge on any atom is -0.301 e. The molecule has 20 heavy (non-hydrogen) atoms. The normalized spacial score (nSPS) is 10.5. The molecule has 0 atom stereocenters. The quantitative estimate of drug-likeness (QED) is 0.843. The third kappa shape index (κ3) is 2.42. The maximum atomic E-state index is 12.1. The summed E-state index contributed by atoms with van der Waals surface area (Å²) in [5.74, 6) is 0. The summed E-state index contributed by atoms with van der Waals surface area (Å²) in [4.78, 5) is 23.7. The van der Waals surface area contributed by atoms with Gasteiger partial charge in [-0.05, 0) is 26.3 Å². The first-order valence-electron chi connectivity index (χ1n) is 6.09. The Morgan fingerprint density at radius 3 is 2.55 bits per heavy atom. The molecule has 0 amide bonds. The third-order valence-corrected chi connectivity index (χ3v) is 4.14. The molecule has 2 aromatic heterocycles. The molecular formula is C13H14N4O2S. The Kier molecular flexibility index (Phi) is 3.86. The van der Waals surface area contributed by atoms with Crippen molar-refractivity contribution < 1.29 is 0 Å². The van der Waals surface area contributed by atoms with Crippen LogP contribution in [0.2, 0.25) is 0 Å². The van der Waals surface area contributed by atoms with Crippen LogP contribution in [-0.4, -0.2) is 14.3 Å². The predicted molar refractivity (Wildman–Crippen MR) is 76.0 cm³/mol. The highest BCUT2D eigenvalue weighted by molar-refractivity contribution is 7.07. The number of aromatic nitrogens is 3. The molecule has 0 aliphatic carbocycles. The van der Waals surface area contributed by atoms with Crippen LogP contribution >= 0.6 is 11.3 Å². The van der Waals surface area contributed by atoms with Crippen molar-refractivity contribution >= 4 is 11.3 Å². The zero-order chi connectivity index (χ0) is 14.9. The zero-order valence-corrected chi connectivity index (χ0v) is 12.3. The summed E-state index contributed by atoms with van der Waals surface area (Å²) in [7, 11) is 0. The summed E-state index contributed by atoms with van der Waals surface area (Å²) in [6.07, 6.45) is 0. The Labute approximate surface area is 119 Å². The molecule has 6 nitrogen and oxygen atoms in total. The Morgan fingerprint density at radius 1 is 1.30 bits per heavy atom. The number of thiazole rings is 1. The molecule has 0 fully saturated rings. The van der Waals surface area contributed by atoms with Crippen LogP contribution in [0.1, 0.15) is 22.5 Å². The van der Waals surface area contributed by atoms with E-state index in [9.17, 15) is 9.59 Å². The topological polar surface area (TPSA) is 80.7 Å². The molecule has 2 heterocycles. The standard InChI is InChI=1S/C13H14N4O2S/c1-8-7-20-13(19)16(8)4-5-17-12(18)11(6-14)9(2)10(3)15-17/h7H,4-5H2,1-3H3. The molecular weight excluding hydrogens is 276 g/mol. The van der Waals surface area contributed by atoms with Gasteiger partial charge in [0.15, 0.2) is 0 Å². The highest BCUT2D eigenvalue weighted by Crippen LogP contribution is 2.05. The molecule has 0 aliphatic rings. The fraction of sp³-hybridized carbons (Fsp3) is 0.385. The van der Waals surface area contributed by atoms with Gasteiger partial charge < -0.3 is 4.57 Å². The van der Waals surface area contributed by atoms with Crippen LogP contribution in [-0.2, 0) is 13.1 Å². The van der Waals surface area contributed by atoms with E-state index in [1.807, 2.05) is 13.0 Å². The van der Waals surface area contributed by atoms with Gasteiger partial charge in [0.1, 0.15) is 11.6 Å². The van der Waals surface area contributed by atoms with E-state index >= 15 is 0 Å². The second kappa shape index (κ2) is 5.43. The number of nitrogens with zero attached hydrogens (tertiary/aromatic N) is 4. The number of nitriles is 1. The van der Waals surface area contributed by atoms with Gasteiger partial charge in [-0.15, -0.1) is 0 Å². The van der Waals surface area contributed by atoms with Crippen LogP contribution in [0.25, 0.3) is 0 Å². The average Bonchev–Trinajstić information content (AvgIpc) is 2.73. The predicted octanol–water partition coefficient (Wildman–Crippen LogP) is 0.964. The summed E-state index contributed by atoms with van der Waals surface area (Å²) in [6.45, 7) is 5.95. The van der Waals surface area contributed by atoms with Crippen molar-refractivity contribution in [2.24, 2.45) is 0 Å². The molecule has 0 spiro atoms. The van der Waals surface area contributed by atoms with Gasteiger partial charge in [0, 0.05) is 17.6 Å². The molecule has 0 N–H and O–H groups in total. The number of hydrogen-bond donors (Lipinski definition) is 0. The second-order valence-corrected chi connectivity index (χ2v) is 5.34. The highest BCUT2D eigenvalue weighted by Gasteiger charge is 2.12. The van der Waals surface area contributed by atoms with E-state index in [0.717, 1.165) is 17.0 Å². The van der Waals surface area contributed by atoms with Crippen LogP contribution in [0, 0.1) is 32.1 Å². The smallest absolute Gasteiger partial charge is 0.301 e. The fourth-order valence-corrected chi connectivity index (χ4v) is 2.69. The monoisotopic (exact) mass is 290 g/mol. The van der Waals surface area contributed by atoms with Gasteiger partial charge in [-0.3, -0.25) is 9.59 Å². The highest BCUT2D eigenvalue weighted by atomic mass is 32.1. The van der Waals surface area contributed by atoms with Crippen molar-refractivity contribution in [3.8, 4) is 6.07 Å². The molecule has 0 bridgehead atoms. The average molecular weight is 290 g/mol. The summed E-state index contributed by atoms with van der Waals surface area (Å²) in [5, 5.41) is 15.0. The van der Waals surface area contributed by atoms with Gasteiger partial charge in [0.05, 0.1) is 12.2 Å². The van der Waals surface area contributed by atoms with Crippen molar-refractivity contribution in [2.75, 3.05) is 0 Å². The van der Waals surface area contributed by atoms with E-state index in [-0.39, 0.29) is 17.0 Å². The molecule has 0 saturated heterocycles. The lowest BCUT2D eigenvalue weighted by Gasteiger charge is -2.09. The molecule has 7 heteroatoms. The van der Waals surface area contributed by atoms with Crippen molar-refractivity contribution in [2.45, 2.75) is 33.9 Å². The lowest BCUT2D eigenvalue weighted by molar-refractivity contribution is 0.495. The minimum absolute atomic E-state index is 0.0557. The van der Waals surface area contributed by atoms with Crippen LogP contribution < -0.4 is 10.4 Å². The summed E-state index contributed by atoms with van der Waals surface area (Å²) >= 11 is 1.13. The zero-order valence-electron chi connectivity index (χ0n) is 11.5. The molecule has 2 rings (SSSR count). The fourth-order valence-electron chi connectivity index (χ4n) is 1.92. The van der Waals surface area contributed by atoms with Gasteiger partial charge in [-0.25, -0.2) is 4.68 Å². The van der Waals surface area contributed by atoms with Gasteiger partial charge in [-0.1, -0.05) is 11.3 Å². The van der Waals surface area contributed by atoms with E-state index in [0.29, 0.717) is 17.8 Å². The van der Waals surface area contributed by atoms with E-state index < -0.39 is 5.56 Å². The molecule has 0 aliphatic heterocycles. The second-order valence-electron chi connectivity index (χ2n) is 4.52. The van der Waals surface area contributed by atoms with Crippen molar-refractivity contribution in [3.63, 3.8) is 0 Å². The molecule has 0 aromatic carbocycles. The van der Waals surface area contributed by atoms with E-state index in [1.54, 1.807) is 23.8 Å². The SMILES string of the molecule is Cc1nn(CCn2c(C)csc2=O)c(=O)c(C#N)c1C. The van der Waals surface area contributed by atoms with Crippen LogP contribution in [0.4, 0.5) is 0 Å². The first-order chi connectivity index (χ1) is 9.45. The van der Waals surface area contributed by atoms with E-state index in [2.05, 4.69) is 5.10 Å². The van der Waals surface area contributed by atoms with E-state index in [4.69, 9.17) is 5.26 Å². The van der Waals surface area contributed by atoms with Crippen LogP contribution in [0.3, 0.4) is 0 Å². The maximum absolute atomic E-state index is 12.1. The largest absolute Gasteiger partial charge is 0.307 e. The van der Waals surface area contributed by atoms with E-state index in [1.165, 1.54) is 4.68 Å². The van der Waals surface area contributed by atoms with Gasteiger partial charge >= 0.3 is 4.87 Å². The lowest BCUT2D eigenvalue weighted by atomic mass is 10.1. The summed E-state index contributed by atoms with van der Waals surface area (Å²) < 4.78 is 2.85. The molecule has 0 unspecified atom stereocenters. The number of rotatable bonds is 3. The molecule has 104 valence electrons. The summed E-state index contributed by atoms with van der Waals surface area (Å²) in [6, 6.07) is 1.92. The first-order valence-corrected chi connectivity index (χ1v) is 6.97. The van der Waals surface area contributed by atoms with Gasteiger partial charge in [0.25, 0.3) is 5.56 Å². The van der Waals surface area contributed by atoms with Crippen molar-refractivity contribution in [1.82, 2.24) is 14.3 Å². The van der Waals surface area contributed by atoms with Crippen molar-refractivity contribution in [3.05, 3.63) is 47.9 Å².